The van der Waals surface area contributed by atoms with Crippen LogP contribution < -0.4 is 10.6 Å². The lowest BCUT2D eigenvalue weighted by Crippen LogP contribution is -2.05. The summed E-state index contributed by atoms with van der Waals surface area (Å²) in [4.78, 5) is 23.1. The third kappa shape index (κ3) is 9.08. The highest BCUT2D eigenvalue weighted by Gasteiger charge is 2.02. The highest BCUT2D eigenvalue weighted by molar-refractivity contribution is 5.94. The molecule has 0 saturated carbocycles. The number of benzene rings is 2. The average Bonchev–Trinajstić information content (AvgIpc) is 2.79. The van der Waals surface area contributed by atoms with Crippen LogP contribution in [-0.2, 0) is 9.59 Å². The van der Waals surface area contributed by atoms with E-state index in [4.69, 9.17) is 0 Å². The molecule has 0 amide bonds. The van der Waals surface area contributed by atoms with Crippen LogP contribution in [0.2, 0.25) is 0 Å². The average molecular weight is 433 g/mol. The van der Waals surface area contributed by atoms with Gasteiger partial charge in [0.15, 0.2) is 11.6 Å². The van der Waals surface area contributed by atoms with Crippen molar-refractivity contribution in [2.75, 3.05) is 23.7 Å². The summed E-state index contributed by atoms with van der Waals surface area (Å²) in [5, 5.41) is 15.1. The number of nitrogens with zero attached hydrogens (tertiary/aromatic N) is 2. The van der Waals surface area contributed by atoms with Crippen LogP contribution in [-0.4, -0.2) is 24.7 Å². The van der Waals surface area contributed by atoms with E-state index in [2.05, 4.69) is 34.0 Å². The van der Waals surface area contributed by atoms with Crippen molar-refractivity contribution >= 4 is 34.3 Å². The Labute approximate surface area is 190 Å². The van der Waals surface area contributed by atoms with Crippen molar-refractivity contribution in [3.8, 4) is 0 Å². The second kappa shape index (κ2) is 13.0. The Hall–Kier alpha value is -3.54. The summed E-state index contributed by atoms with van der Waals surface area (Å²) in [6.07, 6.45) is 2.56. The molecule has 2 rings (SSSR count). The van der Waals surface area contributed by atoms with Gasteiger partial charge in [0.2, 0.25) is 0 Å². The number of ketones is 2. The van der Waals surface area contributed by atoms with Gasteiger partial charge in [-0.15, -0.1) is 0 Å². The van der Waals surface area contributed by atoms with Crippen molar-refractivity contribution in [2.45, 2.75) is 39.5 Å². The molecule has 0 aliphatic heterocycles. The molecule has 2 aromatic rings. The molecule has 0 aliphatic rings. The van der Waals surface area contributed by atoms with Crippen LogP contribution >= 0.6 is 0 Å². The van der Waals surface area contributed by atoms with Crippen molar-refractivity contribution in [3.63, 3.8) is 0 Å². The zero-order chi connectivity index (χ0) is 23.3. The summed E-state index contributed by atoms with van der Waals surface area (Å²) in [7, 11) is 0. The molecule has 0 unspecified atom stereocenters. The summed E-state index contributed by atoms with van der Waals surface area (Å²) in [5.41, 5.74) is 4.70. The minimum Gasteiger partial charge on any atom is -0.385 e. The van der Waals surface area contributed by atoms with Crippen molar-refractivity contribution in [1.82, 2.24) is 0 Å². The molecule has 6 heteroatoms. The fourth-order valence-electron chi connectivity index (χ4n) is 2.80. The van der Waals surface area contributed by atoms with E-state index in [9.17, 15) is 9.59 Å². The van der Waals surface area contributed by atoms with Crippen LogP contribution in [0.1, 0.15) is 39.5 Å². The number of azo groups is 1. The van der Waals surface area contributed by atoms with Crippen molar-refractivity contribution in [1.29, 1.82) is 0 Å². The molecular formula is C26H32N4O2. The molecule has 0 radical (unpaired) electrons. The molecular weight excluding hydrogens is 400 g/mol. The zero-order valence-corrected chi connectivity index (χ0v) is 19.0. The minimum absolute atomic E-state index is 0.112. The second-order valence-electron chi connectivity index (χ2n) is 7.76. The number of nitrogens with one attached hydrogen (secondary N) is 2. The van der Waals surface area contributed by atoms with Gasteiger partial charge in [0, 0.05) is 37.3 Å². The first-order valence-corrected chi connectivity index (χ1v) is 10.8. The predicted molar refractivity (Wildman–Crippen MR) is 132 cm³/mol. The quantitative estimate of drug-likeness (QED) is 0.196. The zero-order valence-electron chi connectivity index (χ0n) is 19.0. The molecule has 168 valence electrons. The Morgan fingerprint density at radius 2 is 1.03 bits per heavy atom. The molecule has 2 aromatic carbocycles. The van der Waals surface area contributed by atoms with E-state index in [0.29, 0.717) is 24.0 Å². The fraction of sp³-hybridized carbons (Fsp3) is 0.308. The largest absolute Gasteiger partial charge is 0.385 e. The monoisotopic (exact) mass is 432 g/mol. The Bertz CT molecular complexity index is 881. The molecule has 0 aromatic heterocycles. The van der Waals surface area contributed by atoms with Gasteiger partial charge in [-0.25, -0.2) is 0 Å². The summed E-state index contributed by atoms with van der Waals surface area (Å²) in [6, 6.07) is 15.4. The lowest BCUT2D eigenvalue weighted by molar-refractivity contribution is -0.116. The van der Waals surface area contributed by atoms with Gasteiger partial charge in [-0.1, -0.05) is 13.2 Å². The topological polar surface area (TPSA) is 82.9 Å². The second-order valence-corrected chi connectivity index (χ2v) is 7.76. The van der Waals surface area contributed by atoms with Gasteiger partial charge in [0.05, 0.1) is 11.4 Å². The Morgan fingerprint density at radius 3 is 1.34 bits per heavy atom. The minimum atomic E-state index is 0.112. The van der Waals surface area contributed by atoms with E-state index < -0.39 is 0 Å². The molecule has 0 heterocycles. The van der Waals surface area contributed by atoms with Crippen molar-refractivity contribution < 1.29 is 9.59 Å². The van der Waals surface area contributed by atoms with Crippen molar-refractivity contribution in [2.24, 2.45) is 10.2 Å². The molecule has 0 atom stereocenters. The molecule has 2 N–H and O–H groups in total. The summed E-state index contributed by atoms with van der Waals surface area (Å²) in [5.74, 6) is 0.225. The van der Waals surface area contributed by atoms with Gasteiger partial charge >= 0.3 is 0 Å². The van der Waals surface area contributed by atoms with Gasteiger partial charge in [0.1, 0.15) is 0 Å². The molecule has 0 saturated heterocycles. The molecule has 0 spiro atoms. The van der Waals surface area contributed by atoms with Crippen LogP contribution in [0, 0.1) is 0 Å². The maximum Gasteiger partial charge on any atom is 0.158 e. The molecule has 0 aliphatic carbocycles. The van der Waals surface area contributed by atoms with E-state index in [1.807, 2.05) is 48.5 Å². The van der Waals surface area contributed by atoms with Crippen LogP contribution in [0.5, 0.6) is 0 Å². The number of anilines is 2. The molecule has 0 bridgehead atoms. The number of Topliss-reactive ketones (excluding diaryl/α,β-unsaturated/α-hetero) is 2. The van der Waals surface area contributed by atoms with E-state index in [0.717, 1.165) is 48.7 Å². The summed E-state index contributed by atoms with van der Waals surface area (Å²) in [6.45, 7) is 12.3. The number of carbonyl (C=O) groups excluding carboxylic acids is 2. The molecule has 6 nitrogen and oxygen atoms in total. The lowest BCUT2D eigenvalue weighted by Gasteiger charge is -2.06. The van der Waals surface area contributed by atoms with Gasteiger partial charge < -0.3 is 10.6 Å². The third-order valence-electron chi connectivity index (χ3n) is 4.79. The number of rotatable bonds is 14. The van der Waals surface area contributed by atoms with Gasteiger partial charge in [-0.2, -0.15) is 10.2 Å². The van der Waals surface area contributed by atoms with E-state index >= 15 is 0 Å². The van der Waals surface area contributed by atoms with Crippen LogP contribution in [0.4, 0.5) is 22.7 Å². The van der Waals surface area contributed by atoms with Gasteiger partial charge in [-0.05, 0) is 86.4 Å². The van der Waals surface area contributed by atoms with Crippen LogP contribution in [0.15, 0.2) is 83.1 Å². The fourth-order valence-corrected chi connectivity index (χ4v) is 2.80. The standard InChI is InChI=1S/C26H32N4O2/c1-19(2)25(31)7-5-17-27-21-9-13-23(14-10-21)29-30-24-15-11-22(12-16-24)28-18-6-8-26(32)20(3)4/h9-16,27-28H,1,3,5-8,17-18H2,2,4H3. The number of hydrogen-bond acceptors (Lipinski definition) is 6. The Kier molecular flexibility index (Phi) is 10.0. The van der Waals surface area contributed by atoms with Crippen LogP contribution in [0.25, 0.3) is 0 Å². The normalized spacial score (nSPS) is 10.7. The van der Waals surface area contributed by atoms with E-state index in [1.165, 1.54) is 0 Å². The number of allylic oxidation sites excluding steroid dienone is 2. The smallest absolute Gasteiger partial charge is 0.158 e. The highest BCUT2D eigenvalue weighted by Crippen LogP contribution is 2.22. The lowest BCUT2D eigenvalue weighted by atomic mass is 10.1. The Morgan fingerprint density at radius 1 is 0.688 bits per heavy atom. The maximum absolute atomic E-state index is 11.5. The number of carbonyl (C=O) groups is 2. The van der Waals surface area contributed by atoms with E-state index in [-0.39, 0.29) is 11.6 Å². The Balaban J connectivity index is 1.74. The maximum atomic E-state index is 11.5. The summed E-state index contributed by atoms with van der Waals surface area (Å²) < 4.78 is 0. The van der Waals surface area contributed by atoms with Crippen molar-refractivity contribution in [3.05, 3.63) is 72.8 Å². The summed E-state index contributed by atoms with van der Waals surface area (Å²) >= 11 is 0. The first-order valence-electron chi connectivity index (χ1n) is 10.8. The van der Waals surface area contributed by atoms with Crippen LogP contribution in [0.3, 0.4) is 0 Å². The van der Waals surface area contributed by atoms with Gasteiger partial charge in [-0.3, -0.25) is 9.59 Å². The molecule has 0 fully saturated rings. The number of hydrogen-bond donors (Lipinski definition) is 2. The first kappa shape index (κ1) is 24.7. The SMILES string of the molecule is C=C(C)C(=O)CCCNc1ccc(N=Nc2ccc(NCCCC(=O)C(=C)C)cc2)cc1. The molecule has 32 heavy (non-hydrogen) atoms. The highest BCUT2D eigenvalue weighted by atomic mass is 16.1. The predicted octanol–water partition coefficient (Wildman–Crippen LogP) is 6.78. The van der Waals surface area contributed by atoms with E-state index in [1.54, 1.807) is 13.8 Å². The third-order valence-corrected chi connectivity index (χ3v) is 4.79. The van der Waals surface area contributed by atoms with Gasteiger partial charge in [0.25, 0.3) is 0 Å². The first-order chi connectivity index (χ1) is 15.3.